The lowest BCUT2D eigenvalue weighted by atomic mass is 9.94. The number of nitrogens with one attached hydrogen (secondary N) is 1. The van der Waals surface area contributed by atoms with Crippen LogP contribution in [-0.4, -0.2) is 46.4 Å². The molecule has 1 aromatic carbocycles. The average Bonchev–Trinajstić information content (AvgIpc) is 3.35. The Morgan fingerprint density at radius 1 is 1.21 bits per heavy atom. The van der Waals surface area contributed by atoms with Crippen molar-refractivity contribution in [2.75, 3.05) is 13.1 Å². The lowest BCUT2D eigenvalue weighted by Crippen LogP contribution is -2.36. The molecule has 3 aromatic rings. The number of aryl methyl sites for hydroxylation is 1. The largest absolute Gasteiger partial charge is 0.339 e. The van der Waals surface area contributed by atoms with Gasteiger partial charge in [-0.2, -0.15) is 4.31 Å². The summed E-state index contributed by atoms with van der Waals surface area (Å²) < 4.78 is 42.6. The van der Waals surface area contributed by atoms with Gasteiger partial charge in [0.2, 0.25) is 0 Å². The summed E-state index contributed by atoms with van der Waals surface area (Å²) >= 11 is 0. The van der Waals surface area contributed by atoms with E-state index in [4.69, 9.17) is 0 Å². The Morgan fingerprint density at radius 2 is 2.00 bits per heavy atom. The highest BCUT2D eigenvalue weighted by molar-refractivity contribution is 7.89. The van der Waals surface area contributed by atoms with Gasteiger partial charge in [0.1, 0.15) is 5.82 Å². The molecule has 0 saturated carbocycles. The predicted molar refractivity (Wildman–Crippen MR) is 106 cm³/mol. The van der Waals surface area contributed by atoms with E-state index in [1.807, 2.05) is 12.1 Å². The second-order valence-corrected chi connectivity index (χ2v) is 9.09. The van der Waals surface area contributed by atoms with Crippen LogP contribution in [-0.2, 0) is 23.6 Å². The standard InChI is InChI=1S/C20H22FN5O2S/c1-25-13-20(24-14-25)29(27,28)26-11-18(16-4-6-17(21)7-5-16)19(12-26)23-10-15-3-2-8-22-9-15/h2-9,13-14,18-19,23H,10-12H2,1H3. The maximum Gasteiger partial charge on any atom is 0.262 e. The number of nitrogens with zero attached hydrogens (tertiary/aromatic N) is 4. The molecule has 0 spiro atoms. The van der Waals surface area contributed by atoms with Crippen LogP contribution in [0.3, 0.4) is 0 Å². The van der Waals surface area contributed by atoms with Crippen molar-refractivity contribution >= 4 is 10.0 Å². The number of halogens is 1. The van der Waals surface area contributed by atoms with Gasteiger partial charge >= 0.3 is 0 Å². The van der Waals surface area contributed by atoms with Crippen LogP contribution >= 0.6 is 0 Å². The SMILES string of the molecule is Cn1cnc(S(=O)(=O)N2CC(NCc3cccnc3)C(c3ccc(F)cc3)C2)c1. The molecule has 0 bridgehead atoms. The first kappa shape index (κ1) is 19.7. The molecule has 4 rings (SSSR count). The second-order valence-electron chi connectivity index (χ2n) is 7.21. The number of pyridine rings is 1. The Bertz CT molecular complexity index is 1070. The van der Waals surface area contributed by atoms with Gasteiger partial charge in [-0.15, -0.1) is 0 Å². The van der Waals surface area contributed by atoms with Crippen LogP contribution < -0.4 is 5.32 Å². The van der Waals surface area contributed by atoms with Gasteiger partial charge in [0.25, 0.3) is 10.0 Å². The van der Waals surface area contributed by atoms with E-state index in [1.165, 1.54) is 29.0 Å². The Kier molecular flexibility index (Phi) is 5.44. The van der Waals surface area contributed by atoms with Gasteiger partial charge in [-0.05, 0) is 29.3 Å². The number of hydrogen-bond donors (Lipinski definition) is 1. The molecule has 1 N–H and O–H groups in total. The highest BCUT2D eigenvalue weighted by Crippen LogP contribution is 2.31. The predicted octanol–water partition coefficient (Wildman–Crippen LogP) is 1.90. The molecule has 9 heteroatoms. The topological polar surface area (TPSA) is 80.1 Å². The summed E-state index contributed by atoms with van der Waals surface area (Å²) in [4.78, 5) is 8.13. The molecular weight excluding hydrogens is 393 g/mol. The third-order valence-corrected chi connectivity index (χ3v) is 6.88. The summed E-state index contributed by atoms with van der Waals surface area (Å²) in [6.45, 7) is 1.17. The Hall–Kier alpha value is -2.62. The smallest absolute Gasteiger partial charge is 0.262 e. The minimum absolute atomic E-state index is 0.0331. The summed E-state index contributed by atoms with van der Waals surface area (Å²) in [7, 11) is -1.98. The van der Waals surface area contributed by atoms with E-state index in [9.17, 15) is 12.8 Å². The molecule has 3 heterocycles. The Morgan fingerprint density at radius 3 is 2.66 bits per heavy atom. The van der Waals surface area contributed by atoms with Crippen LogP contribution in [0.4, 0.5) is 4.39 Å². The van der Waals surface area contributed by atoms with Gasteiger partial charge in [-0.3, -0.25) is 4.98 Å². The summed E-state index contributed by atoms with van der Waals surface area (Å²) in [5.74, 6) is -0.421. The van der Waals surface area contributed by atoms with E-state index in [1.54, 1.807) is 36.1 Å². The van der Waals surface area contributed by atoms with E-state index in [2.05, 4.69) is 15.3 Å². The quantitative estimate of drug-likeness (QED) is 0.665. The zero-order chi connectivity index (χ0) is 20.4. The van der Waals surface area contributed by atoms with Crippen molar-refractivity contribution in [3.8, 4) is 0 Å². The van der Waals surface area contributed by atoms with E-state index >= 15 is 0 Å². The maximum absolute atomic E-state index is 13.4. The Balaban J connectivity index is 1.59. The van der Waals surface area contributed by atoms with Gasteiger partial charge in [-0.25, -0.2) is 17.8 Å². The monoisotopic (exact) mass is 415 g/mol. The number of benzene rings is 1. The first-order chi connectivity index (χ1) is 13.9. The summed E-state index contributed by atoms with van der Waals surface area (Å²) in [5.41, 5.74) is 1.91. The lowest BCUT2D eigenvalue weighted by Gasteiger charge is -2.20. The van der Waals surface area contributed by atoms with Crippen molar-refractivity contribution in [3.63, 3.8) is 0 Å². The van der Waals surface area contributed by atoms with Gasteiger partial charge in [0.15, 0.2) is 5.03 Å². The first-order valence-corrected chi connectivity index (χ1v) is 10.7. The zero-order valence-corrected chi connectivity index (χ0v) is 16.8. The third kappa shape index (κ3) is 4.21. The number of sulfonamides is 1. The lowest BCUT2D eigenvalue weighted by molar-refractivity contribution is 0.454. The molecule has 1 fully saturated rings. The molecule has 1 aliphatic rings. The fraction of sp³-hybridized carbons (Fsp3) is 0.300. The van der Waals surface area contributed by atoms with E-state index < -0.39 is 10.0 Å². The molecule has 0 aliphatic carbocycles. The Labute approximate surface area is 169 Å². The van der Waals surface area contributed by atoms with Crippen LogP contribution in [0.5, 0.6) is 0 Å². The molecule has 152 valence electrons. The fourth-order valence-electron chi connectivity index (χ4n) is 3.62. The van der Waals surface area contributed by atoms with Gasteiger partial charge < -0.3 is 9.88 Å². The molecule has 2 atom stereocenters. The number of imidazole rings is 1. The zero-order valence-electron chi connectivity index (χ0n) is 15.9. The van der Waals surface area contributed by atoms with Crippen LogP contribution in [0.2, 0.25) is 0 Å². The van der Waals surface area contributed by atoms with Crippen molar-refractivity contribution in [1.29, 1.82) is 0 Å². The molecule has 29 heavy (non-hydrogen) atoms. The normalized spacial score (nSPS) is 20.2. The van der Waals surface area contributed by atoms with Crippen molar-refractivity contribution < 1.29 is 12.8 Å². The van der Waals surface area contributed by atoms with Gasteiger partial charge in [0, 0.05) is 57.2 Å². The molecule has 0 amide bonds. The van der Waals surface area contributed by atoms with Crippen molar-refractivity contribution in [2.45, 2.75) is 23.5 Å². The second kappa shape index (κ2) is 8.02. The first-order valence-electron chi connectivity index (χ1n) is 9.29. The number of aromatic nitrogens is 3. The highest BCUT2D eigenvalue weighted by Gasteiger charge is 2.40. The van der Waals surface area contributed by atoms with E-state index in [-0.39, 0.29) is 22.8 Å². The van der Waals surface area contributed by atoms with Gasteiger partial charge in [0.05, 0.1) is 6.33 Å². The highest BCUT2D eigenvalue weighted by atomic mass is 32.2. The molecule has 2 unspecified atom stereocenters. The summed E-state index contributed by atoms with van der Waals surface area (Å²) in [6.07, 6.45) is 6.45. The maximum atomic E-state index is 13.4. The van der Waals surface area contributed by atoms with Crippen LogP contribution in [0.1, 0.15) is 17.0 Å². The van der Waals surface area contributed by atoms with Crippen molar-refractivity contribution in [3.05, 3.63) is 78.3 Å². The molecule has 0 radical (unpaired) electrons. The summed E-state index contributed by atoms with van der Waals surface area (Å²) in [6, 6.07) is 9.95. The molecule has 1 saturated heterocycles. The van der Waals surface area contributed by atoms with E-state index in [0.717, 1.165) is 11.1 Å². The molecule has 7 nitrogen and oxygen atoms in total. The molecule has 2 aromatic heterocycles. The fourth-order valence-corrected chi connectivity index (χ4v) is 5.08. The van der Waals surface area contributed by atoms with Crippen LogP contribution in [0.15, 0.2) is 66.3 Å². The minimum Gasteiger partial charge on any atom is -0.339 e. The van der Waals surface area contributed by atoms with E-state index in [0.29, 0.717) is 19.6 Å². The minimum atomic E-state index is -3.71. The van der Waals surface area contributed by atoms with Crippen LogP contribution in [0.25, 0.3) is 0 Å². The number of hydrogen-bond acceptors (Lipinski definition) is 5. The van der Waals surface area contributed by atoms with Crippen molar-refractivity contribution in [1.82, 2.24) is 24.2 Å². The van der Waals surface area contributed by atoms with Gasteiger partial charge in [-0.1, -0.05) is 18.2 Å². The summed E-state index contributed by atoms with van der Waals surface area (Å²) in [5, 5.41) is 3.49. The molecule has 1 aliphatic heterocycles. The third-order valence-electron chi connectivity index (χ3n) is 5.16. The van der Waals surface area contributed by atoms with Crippen LogP contribution in [0, 0.1) is 5.82 Å². The molecular formula is C20H22FN5O2S. The number of rotatable bonds is 6. The average molecular weight is 415 g/mol. The van der Waals surface area contributed by atoms with Crippen molar-refractivity contribution in [2.24, 2.45) is 7.05 Å².